The Bertz CT molecular complexity index is 336. The van der Waals surface area contributed by atoms with Gasteiger partial charge in [0.2, 0.25) is 0 Å². The maximum Gasteiger partial charge on any atom is 0.0233 e. The highest BCUT2D eigenvalue weighted by atomic mass is 32.2. The fraction of sp³-hybridized carbons (Fsp3) is 0.571. The van der Waals surface area contributed by atoms with E-state index in [-0.39, 0.29) is 0 Å². The van der Waals surface area contributed by atoms with Gasteiger partial charge in [-0.05, 0) is 56.5 Å². The monoisotopic (exact) mass is 233 g/mol. The Morgan fingerprint density at radius 2 is 1.75 bits per heavy atom. The molecule has 0 aromatic heterocycles. The summed E-state index contributed by atoms with van der Waals surface area (Å²) in [6, 6.07) is 9.22. The van der Waals surface area contributed by atoms with Crippen LogP contribution < -0.4 is 0 Å². The van der Waals surface area contributed by atoms with Crippen molar-refractivity contribution in [2.24, 2.45) is 0 Å². The van der Waals surface area contributed by atoms with Crippen LogP contribution in [0.1, 0.15) is 31.2 Å². The molecular weight excluding hydrogens is 214 g/mol. The van der Waals surface area contributed by atoms with Crippen LogP contribution in [0.5, 0.6) is 0 Å². The van der Waals surface area contributed by atoms with E-state index in [1.165, 1.54) is 49.2 Å². The highest BCUT2D eigenvalue weighted by Crippen LogP contribution is 2.39. The van der Waals surface area contributed by atoms with Crippen LogP contribution >= 0.6 is 11.8 Å². The van der Waals surface area contributed by atoms with Crippen LogP contribution in [0, 0.1) is 0 Å². The van der Waals surface area contributed by atoms with Gasteiger partial charge in [-0.15, -0.1) is 11.8 Å². The molecule has 0 amide bonds. The Morgan fingerprint density at radius 3 is 2.38 bits per heavy atom. The summed E-state index contributed by atoms with van der Waals surface area (Å²) in [5.74, 6) is 0. The molecular formula is C14H19NS. The van der Waals surface area contributed by atoms with Crippen molar-refractivity contribution in [1.82, 2.24) is 4.90 Å². The summed E-state index contributed by atoms with van der Waals surface area (Å²) in [4.78, 5) is 4.01. The standard InChI is InChI=1S/C14H19NS/c1-2-10-15(9-1)11-12-3-5-13(6-4-12)16-14-7-8-14/h3-6,14H,1-2,7-11H2. The Morgan fingerprint density at radius 1 is 1.06 bits per heavy atom. The van der Waals surface area contributed by atoms with Crippen LogP contribution in [0.25, 0.3) is 0 Å². The predicted molar refractivity (Wildman–Crippen MR) is 69.8 cm³/mol. The van der Waals surface area contributed by atoms with E-state index in [0.29, 0.717) is 0 Å². The second-order valence-corrected chi connectivity index (χ2v) is 6.32. The van der Waals surface area contributed by atoms with Crippen molar-refractivity contribution in [1.29, 1.82) is 0 Å². The first-order chi connectivity index (χ1) is 7.90. The van der Waals surface area contributed by atoms with E-state index < -0.39 is 0 Å². The molecule has 0 atom stereocenters. The summed E-state index contributed by atoms with van der Waals surface area (Å²) in [5, 5.41) is 0.921. The molecule has 1 saturated carbocycles. The Hall–Kier alpha value is -0.470. The van der Waals surface area contributed by atoms with E-state index in [4.69, 9.17) is 0 Å². The molecule has 1 aromatic carbocycles. The van der Waals surface area contributed by atoms with Gasteiger partial charge in [-0.3, -0.25) is 4.90 Å². The molecule has 0 unspecified atom stereocenters. The van der Waals surface area contributed by atoms with E-state index in [1.54, 1.807) is 0 Å². The lowest BCUT2D eigenvalue weighted by Gasteiger charge is -2.14. The molecule has 1 aromatic rings. The first kappa shape index (κ1) is 10.7. The van der Waals surface area contributed by atoms with Gasteiger partial charge < -0.3 is 0 Å². The number of benzene rings is 1. The smallest absolute Gasteiger partial charge is 0.0233 e. The summed E-state index contributed by atoms with van der Waals surface area (Å²) >= 11 is 2.05. The Kier molecular flexibility index (Phi) is 3.20. The molecule has 1 heterocycles. The molecule has 0 N–H and O–H groups in total. The van der Waals surface area contributed by atoms with Gasteiger partial charge >= 0.3 is 0 Å². The number of hydrogen-bond donors (Lipinski definition) is 0. The number of rotatable bonds is 4. The van der Waals surface area contributed by atoms with Crippen molar-refractivity contribution in [3.8, 4) is 0 Å². The zero-order valence-corrected chi connectivity index (χ0v) is 10.5. The lowest BCUT2D eigenvalue weighted by atomic mass is 10.2. The zero-order chi connectivity index (χ0) is 10.8. The molecule has 2 fully saturated rings. The van der Waals surface area contributed by atoms with Crippen molar-refractivity contribution in [3.63, 3.8) is 0 Å². The maximum absolute atomic E-state index is 2.56. The third kappa shape index (κ3) is 2.80. The van der Waals surface area contributed by atoms with Crippen LogP contribution in [0.4, 0.5) is 0 Å². The molecule has 1 aliphatic carbocycles. The fourth-order valence-electron chi connectivity index (χ4n) is 2.25. The molecule has 1 saturated heterocycles. The minimum Gasteiger partial charge on any atom is -0.299 e. The number of hydrogen-bond acceptors (Lipinski definition) is 2. The molecule has 16 heavy (non-hydrogen) atoms. The summed E-state index contributed by atoms with van der Waals surface area (Å²) < 4.78 is 0. The van der Waals surface area contributed by atoms with Crippen LogP contribution in [-0.2, 0) is 6.54 Å². The Balaban J connectivity index is 1.57. The first-order valence-electron chi connectivity index (χ1n) is 6.38. The lowest BCUT2D eigenvalue weighted by molar-refractivity contribution is 0.331. The molecule has 0 radical (unpaired) electrons. The molecule has 2 heteroatoms. The summed E-state index contributed by atoms with van der Waals surface area (Å²) in [7, 11) is 0. The minimum atomic E-state index is 0.921. The van der Waals surface area contributed by atoms with Gasteiger partial charge in [0.25, 0.3) is 0 Å². The van der Waals surface area contributed by atoms with Crippen molar-refractivity contribution >= 4 is 11.8 Å². The van der Waals surface area contributed by atoms with Gasteiger partial charge in [0.1, 0.15) is 0 Å². The number of likely N-dealkylation sites (tertiary alicyclic amines) is 1. The second-order valence-electron chi connectivity index (χ2n) is 4.94. The van der Waals surface area contributed by atoms with Gasteiger partial charge in [-0.1, -0.05) is 12.1 Å². The average molecular weight is 233 g/mol. The van der Waals surface area contributed by atoms with E-state index in [9.17, 15) is 0 Å². The molecule has 0 bridgehead atoms. The average Bonchev–Trinajstić information content (AvgIpc) is 2.96. The van der Waals surface area contributed by atoms with Gasteiger partial charge in [0.15, 0.2) is 0 Å². The normalized spacial score (nSPS) is 21.5. The topological polar surface area (TPSA) is 3.24 Å². The SMILES string of the molecule is c1cc(SC2CC2)ccc1CN1CCCC1. The quantitative estimate of drug-likeness (QED) is 0.782. The minimum absolute atomic E-state index is 0.921. The molecule has 3 rings (SSSR count). The van der Waals surface area contributed by atoms with Crippen molar-refractivity contribution in [2.75, 3.05) is 13.1 Å². The van der Waals surface area contributed by atoms with Crippen LogP contribution in [0.2, 0.25) is 0 Å². The predicted octanol–water partition coefficient (Wildman–Crippen LogP) is 3.54. The van der Waals surface area contributed by atoms with Gasteiger partial charge in [-0.25, -0.2) is 0 Å². The van der Waals surface area contributed by atoms with E-state index in [1.807, 2.05) is 11.8 Å². The zero-order valence-electron chi connectivity index (χ0n) is 9.69. The van der Waals surface area contributed by atoms with Crippen molar-refractivity contribution in [3.05, 3.63) is 29.8 Å². The van der Waals surface area contributed by atoms with Gasteiger partial charge in [0, 0.05) is 16.7 Å². The molecule has 0 spiro atoms. The molecule has 86 valence electrons. The fourth-order valence-corrected chi connectivity index (χ4v) is 3.30. The summed E-state index contributed by atoms with van der Waals surface area (Å²) in [6.07, 6.45) is 5.60. The maximum atomic E-state index is 2.56. The second kappa shape index (κ2) is 4.80. The molecule has 1 aliphatic heterocycles. The third-order valence-electron chi connectivity index (χ3n) is 3.36. The van der Waals surface area contributed by atoms with Crippen LogP contribution in [0.3, 0.4) is 0 Å². The number of thioether (sulfide) groups is 1. The Labute approximate surface area is 102 Å². The van der Waals surface area contributed by atoms with Crippen LogP contribution in [0.15, 0.2) is 29.2 Å². The summed E-state index contributed by atoms with van der Waals surface area (Å²) in [5.41, 5.74) is 1.47. The van der Waals surface area contributed by atoms with Crippen LogP contribution in [-0.4, -0.2) is 23.2 Å². The molecule has 2 aliphatic rings. The lowest BCUT2D eigenvalue weighted by Crippen LogP contribution is -2.18. The van der Waals surface area contributed by atoms with E-state index >= 15 is 0 Å². The summed E-state index contributed by atoms with van der Waals surface area (Å²) in [6.45, 7) is 3.73. The number of nitrogens with zero attached hydrogens (tertiary/aromatic N) is 1. The van der Waals surface area contributed by atoms with E-state index in [0.717, 1.165) is 11.8 Å². The highest BCUT2D eigenvalue weighted by Gasteiger charge is 2.22. The van der Waals surface area contributed by atoms with Crippen molar-refractivity contribution in [2.45, 2.75) is 42.4 Å². The van der Waals surface area contributed by atoms with E-state index in [2.05, 4.69) is 29.2 Å². The van der Waals surface area contributed by atoms with Gasteiger partial charge in [0.05, 0.1) is 0 Å². The van der Waals surface area contributed by atoms with Gasteiger partial charge in [-0.2, -0.15) is 0 Å². The molecule has 1 nitrogen and oxygen atoms in total. The highest BCUT2D eigenvalue weighted by molar-refractivity contribution is 8.00. The van der Waals surface area contributed by atoms with Crippen molar-refractivity contribution < 1.29 is 0 Å². The largest absolute Gasteiger partial charge is 0.299 e. The first-order valence-corrected chi connectivity index (χ1v) is 7.26. The third-order valence-corrected chi connectivity index (χ3v) is 4.70.